The zero-order valence-corrected chi connectivity index (χ0v) is 9.25. The van der Waals surface area contributed by atoms with Crippen LogP contribution in [0.4, 0.5) is 17.3 Å². The van der Waals surface area contributed by atoms with Crippen LogP contribution in [0.3, 0.4) is 0 Å². The number of hydrogen-bond donors (Lipinski definition) is 0. The third kappa shape index (κ3) is 13.0. The summed E-state index contributed by atoms with van der Waals surface area (Å²) in [6, 6.07) is 0. The van der Waals surface area contributed by atoms with Crippen molar-refractivity contribution in [1.29, 1.82) is 0 Å². The van der Waals surface area contributed by atoms with Gasteiger partial charge in [-0.2, -0.15) is 0 Å². The van der Waals surface area contributed by atoms with E-state index < -0.39 is 7.25 Å². The van der Waals surface area contributed by atoms with Gasteiger partial charge in [0.25, 0.3) is 0 Å². The first kappa shape index (κ1) is 15.0. The Kier molecular flexibility index (Phi) is 7.67. The Hall–Kier alpha value is -1.01. The normalized spacial score (nSPS) is 10.8. The summed E-state index contributed by atoms with van der Waals surface area (Å²) in [5.74, 6) is 0. The lowest BCUT2D eigenvalue weighted by atomic mass is 10.2. The Morgan fingerprint density at radius 2 is 1.75 bits per heavy atom. The predicted molar refractivity (Wildman–Crippen MR) is 56.6 cm³/mol. The molecule has 0 aromatic carbocycles. The molecule has 7 heteroatoms. The number of unbranched alkanes of at least 4 members (excludes halogenated alkanes) is 3. The minimum atomic E-state index is -6.00. The van der Waals surface area contributed by atoms with Gasteiger partial charge in [-0.25, -0.2) is 4.98 Å². The third-order valence-corrected chi connectivity index (χ3v) is 1.83. The number of aromatic nitrogens is 2. The summed E-state index contributed by atoms with van der Waals surface area (Å²) in [6.45, 7) is 3.36. The van der Waals surface area contributed by atoms with Crippen molar-refractivity contribution >= 4 is 7.25 Å². The summed E-state index contributed by atoms with van der Waals surface area (Å²) in [5, 5.41) is 0. The van der Waals surface area contributed by atoms with Gasteiger partial charge < -0.3 is 21.8 Å². The van der Waals surface area contributed by atoms with Crippen LogP contribution in [0.1, 0.15) is 32.6 Å². The number of hydrogen-bond acceptors (Lipinski definition) is 1. The van der Waals surface area contributed by atoms with Gasteiger partial charge in [0.05, 0.1) is 6.33 Å². The molecule has 1 rings (SSSR count). The second-order valence-corrected chi connectivity index (χ2v) is 3.36. The predicted octanol–water partition coefficient (Wildman–Crippen LogP) is 3.76. The van der Waals surface area contributed by atoms with E-state index in [1.54, 1.807) is 0 Å². The molecular formula is C9H16BF4N2-. The molecule has 0 amide bonds. The first-order valence-electron chi connectivity index (χ1n) is 5.26. The lowest BCUT2D eigenvalue weighted by Crippen LogP contribution is -2.02. The van der Waals surface area contributed by atoms with E-state index >= 15 is 0 Å². The highest BCUT2D eigenvalue weighted by Gasteiger charge is 2.20. The van der Waals surface area contributed by atoms with E-state index in [2.05, 4.69) is 16.5 Å². The van der Waals surface area contributed by atoms with E-state index in [0.717, 1.165) is 6.54 Å². The molecule has 0 radical (unpaired) electrons. The SMILES string of the molecule is CCCCCCn1ccnc1.F[B-](F)(F)F. The molecule has 16 heavy (non-hydrogen) atoms. The molecular weight excluding hydrogens is 223 g/mol. The van der Waals surface area contributed by atoms with E-state index in [1.807, 2.05) is 18.7 Å². The van der Waals surface area contributed by atoms with Gasteiger partial charge in [-0.1, -0.05) is 26.2 Å². The minimum absolute atomic E-state index is 1.12. The molecule has 1 heterocycles. The van der Waals surface area contributed by atoms with Crippen LogP contribution in [0, 0.1) is 0 Å². The van der Waals surface area contributed by atoms with Crippen LogP contribution in [0.5, 0.6) is 0 Å². The van der Waals surface area contributed by atoms with Crippen molar-refractivity contribution in [3.63, 3.8) is 0 Å². The summed E-state index contributed by atoms with van der Waals surface area (Å²) in [6.07, 6.45) is 11.0. The lowest BCUT2D eigenvalue weighted by molar-refractivity contribution is 0.368. The van der Waals surface area contributed by atoms with Crippen LogP contribution in [-0.2, 0) is 6.54 Å². The Bertz CT molecular complexity index is 243. The zero-order valence-electron chi connectivity index (χ0n) is 9.25. The van der Waals surface area contributed by atoms with Crippen molar-refractivity contribution in [3.8, 4) is 0 Å². The van der Waals surface area contributed by atoms with Crippen molar-refractivity contribution in [1.82, 2.24) is 9.55 Å². The average molecular weight is 239 g/mol. The van der Waals surface area contributed by atoms with E-state index in [-0.39, 0.29) is 0 Å². The average Bonchev–Trinajstić information content (AvgIpc) is 2.62. The van der Waals surface area contributed by atoms with Gasteiger partial charge in [0.15, 0.2) is 0 Å². The fourth-order valence-electron chi connectivity index (χ4n) is 1.14. The molecule has 2 nitrogen and oxygen atoms in total. The van der Waals surface area contributed by atoms with Gasteiger partial charge in [-0.3, -0.25) is 0 Å². The van der Waals surface area contributed by atoms with Gasteiger partial charge in [0, 0.05) is 18.9 Å². The monoisotopic (exact) mass is 239 g/mol. The standard InChI is InChI=1S/C9H16N2.BF4/c1-2-3-4-5-7-11-8-6-10-9-11;2-1(3,4)5/h6,8-9H,2-5,7H2,1H3;/q;-1. The summed E-state index contributed by atoms with van der Waals surface area (Å²) in [5.41, 5.74) is 0. The fraction of sp³-hybridized carbons (Fsp3) is 0.667. The molecule has 1 aromatic rings. The molecule has 0 fully saturated rings. The molecule has 0 atom stereocenters. The summed E-state index contributed by atoms with van der Waals surface area (Å²) in [7, 11) is -6.00. The maximum absolute atomic E-state index is 9.75. The van der Waals surface area contributed by atoms with Crippen LogP contribution in [0.25, 0.3) is 0 Å². The molecule has 0 saturated heterocycles. The second kappa shape index (κ2) is 8.18. The molecule has 0 N–H and O–H groups in total. The summed E-state index contributed by atoms with van der Waals surface area (Å²) >= 11 is 0. The molecule has 0 aliphatic rings. The van der Waals surface area contributed by atoms with Crippen molar-refractivity contribution in [2.45, 2.75) is 39.2 Å². The van der Waals surface area contributed by atoms with Crippen molar-refractivity contribution in [2.75, 3.05) is 0 Å². The van der Waals surface area contributed by atoms with Crippen molar-refractivity contribution < 1.29 is 17.3 Å². The highest BCUT2D eigenvalue weighted by atomic mass is 19.5. The molecule has 0 bridgehead atoms. The molecule has 0 saturated carbocycles. The van der Waals surface area contributed by atoms with Gasteiger partial charge in [-0.15, -0.1) is 0 Å². The van der Waals surface area contributed by atoms with E-state index in [1.165, 1.54) is 25.7 Å². The van der Waals surface area contributed by atoms with Gasteiger partial charge in [0.1, 0.15) is 0 Å². The van der Waals surface area contributed by atoms with Crippen molar-refractivity contribution in [3.05, 3.63) is 18.7 Å². The Balaban J connectivity index is 0.000000385. The minimum Gasteiger partial charge on any atom is -0.418 e. The Morgan fingerprint density at radius 1 is 1.12 bits per heavy atom. The first-order valence-corrected chi connectivity index (χ1v) is 5.26. The molecule has 0 aliphatic carbocycles. The maximum atomic E-state index is 9.75. The van der Waals surface area contributed by atoms with Crippen LogP contribution in [0.2, 0.25) is 0 Å². The van der Waals surface area contributed by atoms with Crippen molar-refractivity contribution in [2.24, 2.45) is 0 Å². The first-order chi connectivity index (χ1) is 7.43. The Labute approximate surface area is 92.8 Å². The molecule has 1 aromatic heterocycles. The largest absolute Gasteiger partial charge is 0.673 e. The highest BCUT2D eigenvalue weighted by molar-refractivity contribution is 6.50. The van der Waals surface area contributed by atoms with E-state index in [9.17, 15) is 17.3 Å². The summed E-state index contributed by atoms with van der Waals surface area (Å²) in [4.78, 5) is 3.98. The summed E-state index contributed by atoms with van der Waals surface area (Å²) < 4.78 is 41.1. The fourth-order valence-corrected chi connectivity index (χ4v) is 1.14. The quantitative estimate of drug-likeness (QED) is 0.434. The van der Waals surface area contributed by atoms with E-state index in [0.29, 0.717) is 0 Å². The number of nitrogens with zero attached hydrogens (tertiary/aromatic N) is 2. The Morgan fingerprint density at radius 3 is 2.19 bits per heavy atom. The number of imidazole rings is 1. The maximum Gasteiger partial charge on any atom is 0.673 e. The smallest absolute Gasteiger partial charge is 0.418 e. The van der Waals surface area contributed by atoms with Gasteiger partial charge >= 0.3 is 7.25 Å². The van der Waals surface area contributed by atoms with Crippen LogP contribution >= 0.6 is 0 Å². The number of aryl methyl sites for hydroxylation is 1. The van der Waals surface area contributed by atoms with Crippen LogP contribution < -0.4 is 0 Å². The van der Waals surface area contributed by atoms with E-state index in [4.69, 9.17) is 0 Å². The molecule has 0 aliphatic heterocycles. The highest BCUT2D eigenvalue weighted by Crippen LogP contribution is 2.06. The van der Waals surface area contributed by atoms with Crippen LogP contribution in [-0.4, -0.2) is 16.8 Å². The second-order valence-electron chi connectivity index (χ2n) is 3.36. The van der Waals surface area contributed by atoms with Gasteiger partial charge in [-0.05, 0) is 6.42 Å². The zero-order chi connectivity index (χ0) is 12.4. The van der Waals surface area contributed by atoms with Crippen LogP contribution in [0.15, 0.2) is 18.7 Å². The lowest BCUT2D eigenvalue weighted by Gasteiger charge is -1.99. The molecule has 0 spiro atoms. The topological polar surface area (TPSA) is 17.8 Å². The number of rotatable bonds is 5. The molecule has 94 valence electrons. The third-order valence-electron chi connectivity index (χ3n) is 1.83. The number of halogens is 4. The molecule has 0 unspecified atom stereocenters. The van der Waals surface area contributed by atoms with Gasteiger partial charge in [0.2, 0.25) is 0 Å².